The number of benzene rings is 1. The van der Waals surface area contributed by atoms with E-state index in [9.17, 15) is 48.3 Å². The monoisotopic (exact) mass is 599 g/mol. The molecule has 0 saturated carbocycles. The zero-order valence-corrected chi connectivity index (χ0v) is 22.8. The minimum absolute atomic E-state index is 0.185. The van der Waals surface area contributed by atoms with Crippen LogP contribution in [0.1, 0.15) is 12.0 Å². The summed E-state index contributed by atoms with van der Waals surface area (Å²) in [6, 6.07) is -1.52. The number of esters is 1. The lowest BCUT2D eigenvalue weighted by Crippen LogP contribution is -2.73. The Morgan fingerprint density at radius 1 is 1.26 bits per heavy atom. The number of cyclic esters (lactones) is 1. The zero-order valence-electron chi connectivity index (χ0n) is 20.2. The number of phenols is 1. The number of carbonyl (C=O) groups is 4. The predicted octanol–water partition coefficient (Wildman–Crippen LogP) is -2.08. The highest BCUT2D eigenvalue weighted by atomic mass is 32.2. The Morgan fingerprint density at radius 3 is 2.49 bits per heavy atom. The molecule has 0 aliphatic carbocycles. The largest absolute Gasteiger partial charge is 0.591 e. The van der Waals surface area contributed by atoms with Gasteiger partial charge in [-0.2, -0.15) is 11.8 Å². The molecule has 39 heavy (non-hydrogen) atoms. The second-order valence-electron chi connectivity index (χ2n) is 8.44. The van der Waals surface area contributed by atoms with Gasteiger partial charge in [-0.1, -0.05) is 27.3 Å². The second kappa shape index (κ2) is 12.4. The van der Waals surface area contributed by atoms with Crippen molar-refractivity contribution in [1.29, 1.82) is 0 Å². The van der Waals surface area contributed by atoms with Gasteiger partial charge in [0.15, 0.2) is 17.7 Å². The molecule has 2 aliphatic rings. The maximum atomic E-state index is 13.6. The number of hydrogen-bond acceptors (Lipinski definition) is 13. The molecule has 6 atom stereocenters. The lowest BCUT2D eigenvalue weighted by molar-refractivity contribution is -0.188. The van der Waals surface area contributed by atoms with Crippen LogP contribution in [-0.4, -0.2) is 80.1 Å². The van der Waals surface area contributed by atoms with E-state index in [0.29, 0.717) is 0 Å². The van der Waals surface area contributed by atoms with Gasteiger partial charge in [0, 0.05) is 18.2 Å². The summed E-state index contributed by atoms with van der Waals surface area (Å²) in [7, 11) is -7.28. The fraction of sp³-hybridized carbons (Fsp3) is 0.364. The summed E-state index contributed by atoms with van der Waals surface area (Å²) in [5.41, 5.74) is 3.91. The molecule has 1 saturated heterocycles. The first-order chi connectivity index (χ1) is 18.4. The van der Waals surface area contributed by atoms with Gasteiger partial charge in [-0.3, -0.25) is 19.3 Å². The molecule has 1 aromatic carbocycles. The average Bonchev–Trinajstić information content (AvgIpc) is 3.07. The first-order valence-corrected chi connectivity index (χ1v) is 14.9. The minimum Gasteiger partial charge on any atom is -0.591 e. The highest BCUT2D eigenvalue weighted by Gasteiger charge is 2.55. The maximum Gasteiger partial charge on any atom is 0.357 e. The van der Waals surface area contributed by atoms with Crippen LogP contribution in [0, 0.1) is 0 Å². The number of phenolic OH excluding ortho intramolecular Hbond substituents is 1. The van der Waals surface area contributed by atoms with Gasteiger partial charge in [-0.05, 0) is 30.6 Å². The number of fused-ring (bicyclic) bond motifs is 2. The van der Waals surface area contributed by atoms with Gasteiger partial charge in [0.05, 0.1) is 0 Å². The van der Waals surface area contributed by atoms with Gasteiger partial charge in [0.25, 0.3) is 11.2 Å². The van der Waals surface area contributed by atoms with Gasteiger partial charge in [-0.25, -0.2) is 9.69 Å². The zero-order chi connectivity index (χ0) is 29.1. The molecule has 0 spiro atoms. The van der Waals surface area contributed by atoms with E-state index in [1.54, 1.807) is 6.26 Å². The summed E-state index contributed by atoms with van der Waals surface area (Å²) in [6.45, 7) is 0. The van der Waals surface area contributed by atoms with Crippen LogP contribution in [-0.2, 0) is 39.5 Å². The number of carboxylic acids is 1. The van der Waals surface area contributed by atoms with Gasteiger partial charge in [-0.15, -0.1) is 0 Å². The fourth-order valence-corrected chi connectivity index (χ4v) is 6.66. The van der Waals surface area contributed by atoms with Crippen molar-refractivity contribution in [3.8, 4) is 5.75 Å². The van der Waals surface area contributed by atoms with E-state index in [2.05, 4.69) is 0 Å². The highest BCUT2D eigenvalue weighted by molar-refractivity contribution is 7.98. The number of aldehydes is 1. The van der Waals surface area contributed by atoms with Crippen molar-refractivity contribution in [2.45, 2.75) is 36.8 Å². The number of allylic oxidation sites excluding steroid dienone is 2. The molecule has 4 N–H and O–H groups in total. The lowest BCUT2D eigenvalue weighted by Gasteiger charge is -2.48. The van der Waals surface area contributed by atoms with Crippen molar-refractivity contribution < 1.29 is 53.0 Å². The van der Waals surface area contributed by atoms with E-state index in [-0.39, 0.29) is 24.0 Å². The number of aliphatic carboxylic acids is 1. The molecule has 0 radical (unpaired) electrons. The Balaban J connectivity index is 2.28. The van der Waals surface area contributed by atoms with Gasteiger partial charge in [0.1, 0.15) is 12.1 Å². The van der Waals surface area contributed by atoms with Crippen molar-refractivity contribution in [3.05, 3.63) is 42.1 Å². The van der Waals surface area contributed by atoms with Crippen LogP contribution in [0.5, 0.6) is 5.75 Å². The van der Waals surface area contributed by atoms with Crippen LogP contribution in [0.3, 0.4) is 0 Å². The normalized spacial score (nSPS) is 24.8. The molecule has 1 fully saturated rings. The van der Waals surface area contributed by atoms with E-state index in [1.165, 1.54) is 36.2 Å². The Hall–Kier alpha value is -3.03. The first kappa shape index (κ1) is 30.5. The number of carbonyl (C=O) groups excluding carboxylic acids is 3. The SMILES string of the molecule is CSCCC1(N)C(=O)OC(C=O)N2C=CC=CC(C2=O)N1C(Cc1ccc(O)c([P+](=O)[O-])c1[P+](=O)[O-])C(=O)O. The van der Waals surface area contributed by atoms with E-state index < -0.39 is 80.7 Å². The van der Waals surface area contributed by atoms with Crippen LogP contribution in [0.4, 0.5) is 0 Å². The molecular formula is C22H23N3O11P2S. The molecule has 6 unspecified atom stereocenters. The lowest BCUT2D eigenvalue weighted by atomic mass is 9.94. The average molecular weight is 599 g/mol. The number of nitrogens with two attached hydrogens (primary N) is 1. The number of nitrogens with zero attached hydrogens (tertiary/aromatic N) is 2. The van der Waals surface area contributed by atoms with E-state index >= 15 is 0 Å². The third-order valence-corrected chi connectivity index (χ3v) is 8.67. The van der Waals surface area contributed by atoms with Crippen molar-refractivity contribution in [2.75, 3.05) is 12.0 Å². The van der Waals surface area contributed by atoms with Crippen LogP contribution < -0.4 is 26.1 Å². The van der Waals surface area contributed by atoms with Gasteiger partial charge < -0.3 is 30.5 Å². The summed E-state index contributed by atoms with van der Waals surface area (Å²) < 4.78 is 29.1. The number of thioether (sulfide) groups is 1. The van der Waals surface area contributed by atoms with Crippen molar-refractivity contribution in [2.24, 2.45) is 5.73 Å². The smallest absolute Gasteiger partial charge is 0.357 e. The van der Waals surface area contributed by atoms with Crippen LogP contribution >= 0.6 is 27.8 Å². The number of aromatic hydroxyl groups is 1. The van der Waals surface area contributed by atoms with Gasteiger partial charge in [0.2, 0.25) is 11.5 Å². The Morgan fingerprint density at radius 2 is 1.92 bits per heavy atom. The Kier molecular flexibility index (Phi) is 9.73. The van der Waals surface area contributed by atoms with Gasteiger partial charge >= 0.3 is 28.0 Å². The molecule has 14 nitrogen and oxygen atoms in total. The summed E-state index contributed by atoms with van der Waals surface area (Å²) in [5.74, 6) is -4.38. The predicted molar refractivity (Wildman–Crippen MR) is 134 cm³/mol. The van der Waals surface area contributed by atoms with E-state index in [0.717, 1.165) is 21.9 Å². The standard InChI is InChI=1S/C22H23N3O11P2S/c1-39-9-7-22(23)21(31)36-16(11-26)24-8-3-2-4-13(19(24)28)25(22)14(20(29)30)10-12-5-6-15(27)18(38(34)35)17(12)37(32)33/h2-6,8,11,13-14,16,27H,7,9-10,23H2,1H3,(H,29,30). The molecule has 0 aromatic heterocycles. The number of rotatable bonds is 10. The Labute approximate surface area is 227 Å². The summed E-state index contributed by atoms with van der Waals surface area (Å²) in [5, 5.41) is 18.5. The summed E-state index contributed by atoms with van der Waals surface area (Å²) in [4.78, 5) is 76.9. The fourth-order valence-electron chi connectivity index (χ4n) is 4.39. The molecule has 1 amide bonds. The summed E-state index contributed by atoms with van der Waals surface area (Å²) in [6.07, 6.45) is 4.38. The molecule has 17 heteroatoms. The Bertz CT molecular complexity index is 1290. The number of ether oxygens (including phenoxy) is 1. The topological polar surface area (TPSA) is 231 Å². The van der Waals surface area contributed by atoms with Crippen molar-refractivity contribution in [3.63, 3.8) is 0 Å². The highest BCUT2D eigenvalue weighted by Crippen LogP contribution is 2.32. The number of amides is 1. The molecule has 208 valence electrons. The third-order valence-electron chi connectivity index (χ3n) is 6.19. The minimum atomic E-state index is -3.66. The quantitative estimate of drug-likeness (QED) is 0.149. The molecule has 2 aliphatic heterocycles. The molecule has 1 aromatic rings. The second-order valence-corrected chi connectivity index (χ2v) is 11.3. The summed E-state index contributed by atoms with van der Waals surface area (Å²) >= 11 is 1.25. The maximum absolute atomic E-state index is 13.6. The third kappa shape index (κ3) is 5.94. The van der Waals surface area contributed by atoms with Crippen LogP contribution in [0.25, 0.3) is 0 Å². The van der Waals surface area contributed by atoms with Crippen LogP contribution in [0.15, 0.2) is 36.6 Å². The van der Waals surface area contributed by atoms with Crippen molar-refractivity contribution >= 4 is 62.6 Å². The molecule has 3 rings (SSSR count). The molecular weight excluding hydrogens is 576 g/mol. The molecule has 2 bridgehead atoms. The number of hydrogen-bond donors (Lipinski definition) is 3. The first-order valence-electron chi connectivity index (χ1n) is 11.1. The van der Waals surface area contributed by atoms with E-state index in [4.69, 9.17) is 10.5 Å². The van der Waals surface area contributed by atoms with E-state index in [1.807, 2.05) is 0 Å². The van der Waals surface area contributed by atoms with Crippen molar-refractivity contribution in [1.82, 2.24) is 9.80 Å². The van der Waals surface area contributed by atoms with Crippen LogP contribution in [0.2, 0.25) is 0 Å². The molecule has 2 heterocycles. The number of carboxylic acid groups (broad SMARTS) is 1.